The molecule has 0 aliphatic heterocycles. The average molecular weight is 379 g/mol. The molecule has 7 heteroatoms. The highest BCUT2D eigenvalue weighted by molar-refractivity contribution is 7.17. The van der Waals surface area contributed by atoms with E-state index in [9.17, 15) is 9.59 Å². The number of aliphatic hydroxyl groups is 1. The van der Waals surface area contributed by atoms with E-state index in [-0.39, 0.29) is 18.4 Å². The maximum absolute atomic E-state index is 12.7. The lowest BCUT2D eigenvalue weighted by Gasteiger charge is -2.18. The maximum Gasteiger partial charge on any atom is 0.266 e. The minimum Gasteiger partial charge on any atom is -0.396 e. The zero-order valence-electron chi connectivity index (χ0n) is 14.1. The summed E-state index contributed by atoms with van der Waals surface area (Å²) in [5.41, 5.74) is 1.68. The summed E-state index contributed by atoms with van der Waals surface area (Å²) in [5, 5.41) is 17.2. The number of carbonyl (C=O) groups is 2. The van der Waals surface area contributed by atoms with Crippen molar-refractivity contribution in [3.63, 3.8) is 0 Å². The van der Waals surface area contributed by atoms with Crippen molar-refractivity contribution in [2.75, 3.05) is 18.5 Å². The van der Waals surface area contributed by atoms with Crippen LogP contribution < -0.4 is 10.6 Å². The van der Waals surface area contributed by atoms with Gasteiger partial charge in [0.1, 0.15) is 5.00 Å². The number of fused-ring (bicyclic) bond motifs is 1. The van der Waals surface area contributed by atoms with Gasteiger partial charge in [0.05, 0.1) is 10.4 Å². The van der Waals surface area contributed by atoms with Crippen molar-refractivity contribution in [1.82, 2.24) is 5.32 Å². The molecule has 5 nitrogen and oxygen atoms in total. The Morgan fingerprint density at radius 1 is 1.36 bits per heavy atom. The summed E-state index contributed by atoms with van der Waals surface area (Å²) in [6, 6.07) is 3.61. The summed E-state index contributed by atoms with van der Waals surface area (Å²) < 4.78 is 0. The van der Waals surface area contributed by atoms with Gasteiger partial charge in [0.2, 0.25) is 0 Å². The first-order valence-electron chi connectivity index (χ1n) is 8.48. The number of anilines is 1. The molecule has 1 aliphatic rings. The van der Waals surface area contributed by atoms with Gasteiger partial charge in [0.15, 0.2) is 0 Å². The van der Waals surface area contributed by atoms with Crippen LogP contribution in [0, 0.1) is 5.92 Å². The Bertz CT molecular complexity index is 753. The Hall–Kier alpha value is -1.70. The van der Waals surface area contributed by atoms with Crippen LogP contribution in [0.3, 0.4) is 0 Å². The van der Waals surface area contributed by atoms with Crippen molar-refractivity contribution >= 4 is 39.5 Å². The molecule has 0 aromatic carbocycles. The van der Waals surface area contributed by atoms with Crippen LogP contribution in [0.25, 0.3) is 0 Å². The van der Waals surface area contributed by atoms with Gasteiger partial charge < -0.3 is 15.7 Å². The lowest BCUT2D eigenvalue weighted by Crippen LogP contribution is -2.27. The predicted octanol–water partition coefficient (Wildman–Crippen LogP) is 3.30. The van der Waals surface area contributed by atoms with Gasteiger partial charge in [-0.2, -0.15) is 0 Å². The number of aliphatic hydroxyl groups excluding tert-OH is 1. The molecule has 2 amide bonds. The molecule has 0 bridgehead atoms. The summed E-state index contributed by atoms with van der Waals surface area (Å²) in [7, 11) is 0. The van der Waals surface area contributed by atoms with Crippen molar-refractivity contribution in [2.24, 2.45) is 5.92 Å². The van der Waals surface area contributed by atoms with E-state index in [0.29, 0.717) is 34.3 Å². The maximum atomic E-state index is 12.7. The smallest absolute Gasteiger partial charge is 0.266 e. The Morgan fingerprint density at radius 3 is 2.92 bits per heavy atom. The van der Waals surface area contributed by atoms with E-state index in [4.69, 9.17) is 5.11 Å². The standard InChI is InChI=1S/C18H22N2O3S2/c1-11-5-6-12-14(10-11)25-18(15(12)17(23)19-7-3-8-21)20-16(22)13-4-2-9-24-13/h2,4,9,11,21H,3,5-8,10H2,1H3,(H,19,23)(H,20,22)/t11-/m0/s1. The van der Waals surface area contributed by atoms with Crippen LogP contribution in [0.4, 0.5) is 5.00 Å². The first-order valence-corrected chi connectivity index (χ1v) is 10.2. The largest absolute Gasteiger partial charge is 0.396 e. The Balaban J connectivity index is 1.87. The van der Waals surface area contributed by atoms with Crippen LogP contribution in [0.1, 0.15) is 50.2 Å². The van der Waals surface area contributed by atoms with E-state index in [0.717, 1.165) is 24.8 Å². The summed E-state index contributed by atoms with van der Waals surface area (Å²) in [5.74, 6) is 0.255. The summed E-state index contributed by atoms with van der Waals surface area (Å²) in [6.07, 6.45) is 3.39. The van der Waals surface area contributed by atoms with Gasteiger partial charge >= 0.3 is 0 Å². The molecule has 1 atom stereocenters. The van der Waals surface area contributed by atoms with Gasteiger partial charge in [-0.1, -0.05) is 13.0 Å². The second-order valence-corrected chi connectivity index (χ2v) is 8.37. The fraction of sp³-hybridized carbons (Fsp3) is 0.444. The molecule has 2 aromatic heterocycles. The number of thiophene rings is 2. The fourth-order valence-corrected chi connectivity index (χ4v) is 5.04. The Morgan fingerprint density at radius 2 is 2.20 bits per heavy atom. The zero-order chi connectivity index (χ0) is 17.8. The first kappa shape index (κ1) is 18.1. The summed E-state index contributed by atoms with van der Waals surface area (Å²) in [4.78, 5) is 26.9. The molecule has 0 radical (unpaired) electrons. The van der Waals surface area contributed by atoms with Crippen LogP contribution in [0.5, 0.6) is 0 Å². The highest BCUT2D eigenvalue weighted by Crippen LogP contribution is 2.39. The van der Waals surface area contributed by atoms with Crippen molar-refractivity contribution in [3.05, 3.63) is 38.4 Å². The highest BCUT2D eigenvalue weighted by Gasteiger charge is 2.28. The van der Waals surface area contributed by atoms with Gasteiger partial charge in [0, 0.05) is 18.0 Å². The van der Waals surface area contributed by atoms with Gasteiger partial charge in [0.25, 0.3) is 11.8 Å². The van der Waals surface area contributed by atoms with Crippen LogP contribution in [-0.2, 0) is 12.8 Å². The van der Waals surface area contributed by atoms with E-state index in [1.54, 1.807) is 6.07 Å². The van der Waals surface area contributed by atoms with Crippen molar-refractivity contribution in [2.45, 2.75) is 32.6 Å². The summed E-state index contributed by atoms with van der Waals surface area (Å²) in [6.45, 7) is 2.68. The lowest BCUT2D eigenvalue weighted by molar-refractivity contribution is 0.0951. The zero-order valence-corrected chi connectivity index (χ0v) is 15.8. The predicted molar refractivity (Wildman–Crippen MR) is 102 cm³/mol. The number of amides is 2. The molecule has 25 heavy (non-hydrogen) atoms. The van der Waals surface area contributed by atoms with Crippen molar-refractivity contribution < 1.29 is 14.7 Å². The third kappa shape index (κ3) is 4.11. The SMILES string of the molecule is C[C@H]1CCc2c(sc(NC(=O)c3cccs3)c2C(=O)NCCCO)C1. The molecule has 2 heterocycles. The number of hydrogen-bond acceptors (Lipinski definition) is 5. The van der Waals surface area contributed by atoms with Crippen LogP contribution in [-0.4, -0.2) is 30.1 Å². The normalized spacial score (nSPS) is 16.3. The second kappa shape index (κ2) is 8.12. The molecule has 0 fully saturated rings. The monoisotopic (exact) mass is 378 g/mol. The van der Waals surface area contributed by atoms with E-state index in [2.05, 4.69) is 17.6 Å². The number of hydrogen-bond donors (Lipinski definition) is 3. The molecule has 0 saturated heterocycles. The molecular formula is C18H22N2O3S2. The minimum atomic E-state index is -0.175. The molecular weight excluding hydrogens is 356 g/mol. The molecule has 3 N–H and O–H groups in total. The first-order chi connectivity index (χ1) is 12.1. The number of carbonyl (C=O) groups excluding carboxylic acids is 2. The topological polar surface area (TPSA) is 78.4 Å². The Kier molecular flexibility index (Phi) is 5.88. The molecule has 1 aliphatic carbocycles. The highest BCUT2D eigenvalue weighted by atomic mass is 32.1. The number of nitrogens with one attached hydrogen (secondary N) is 2. The van der Waals surface area contributed by atoms with E-state index in [1.165, 1.54) is 27.6 Å². The minimum absolute atomic E-state index is 0.0432. The van der Waals surface area contributed by atoms with Crippen molar-refractivity contribution in [1.29, 1.82) is 0 Å². The molecule has 0 spiro atoms. The molecule has 0 saturated carbocycles. The van der Waals surface area contributed by atoms with Crippen LogP contribution in [0.2, 0.25) is 0 Å². The van der Waals surface area contributed by atoms with E-state index < -0.39 is 0 Å². The van der Waals surface area contributed by atoms with E-state index in [1.807, 2.05) is 11.4 Å². The van der Waals surface area contributed by atoms with E-state index >= 15 is 0 Å². The van der Waals surface area contributed by atoms with Gasteiger partial charge in [-0.3, -0.25) is 9.59 Å². The third-order valence-electron chi connectivity index (χ3n) is 4.33. The molecule has 134 valence electrons. The molecule has 3 rings (SSSR count). The number of rotatable bonds is 6. The average Bonchev–Trinajstić information content (AvgIpc) is 3.22. The second-order valence-electron chi connectivity index (χ2n) is 6.32. The van der Waals surface area contributed by atoms with Crippen LogP contribution >= 0.6 is 22.7 Å². The third-order valence-corrected chi connectivity index (χ3v) is 6.37. The fourth-order valence-electron chi connectivity index (χ4n) is 3.02. The van der Waals surface area contributed by atoms with Gasteiger partial charge in [-0.15, -0.1) is 22.7 Å². The Labute approximate surface area is 155 Å². The quantitative estimate of drug-likeness (QED) is 0.675. The molecule has 0 unspecified atom stereocenters. The van der Waals surface area contributed by atoms with Gasteiger partial charge in [-0.25, -0.2) is 0 Å². The summed E-state index contributed by atoms with van der Waals surface area (Å²) >= 11 is 2.90. The van der Waals surface area contributed by atoms with Gasteiger partial charge in [-0.05, 0) is 48.6 Å². The van der Waals surface area contributed by atoms with Crippen molar-refractivity contribution in [3.8, 4) is 0 Å². The van der Waals surface area contributed by atoms with Crippen LogP contribution in [0.15, 0.2) is 17.5 Å². The molecule has 2 aromatic rings. The lowest BCUT2D eigenvalue weighted by atomic mass is 9.88.